The molecule has 0 spiro atoms. The van der Waals surface area contributed by atoms with E-state index >= 15 is 0 Å². The van der Waals surface area contributed by atoms with E-state index in [1.165, 1.54) is 19.2 Å². The van der Waals surface area contributed by atoms with Gasteiger partial charge in [-0.25, -0.2) is 4.39 Å². The van der Waals surface area contributed by atoms with Gasteiger partial charge in [0.15, 0.2) is 11.6 Å². The Balaban J connectivity index is 1.64. The Morgan fingerprint density at radius 2 is 2.21 bits per heavy atom. The normalized spacial score (nSPS) is 16.2. The van der Waals surface area contributed by atoms with Crippen LogP contribution in [0.2, 0.25) is 0 Å². The minimum atomic E-state index is -0.740. The maximum absolute atomic E-state index is 13.8. The Morgan fingerprint density at radius 3 is 2.83 bits per heavy atom. The minimum absolute atomic E-state index is 0.156. The van der Waals surface area contributed by atoms with Crippen LogP contribution < -0.4 is 4.74 Å². The van der Waals surface area contributed by atoms with Crippen molar-refractivity contribution in [1.82, 2.24) is 15.0 Å². The molecule has 1 N–H and O–H groups in total. The van der Waals surface area contributed by atoms with Gasteiger partial charge in [-0.2, -0.15) is 4.98 Å². The molecule has 1 aliphatic heterocycles. The maximum atomic E-state index is 13.8. The number of carboxylic acid groups (broad SMARTS) is 1. The van der Waals surface area contributed by atoms with Crippen molar-refractivity contribution in [1.29, 1.82) is 0 Å². The minimum Gasteiger partial charge on any atom is -0.494 e. The molecular weight excluding hydrogens is 317 g/mol. The van der Waals surface area contributed by atoms with E-state index in [4.69, 9.17) is 14.4 Å². The van der Waals surface area contributed by atoms with Gasteiger partial charge in [0.2, 0.25) is 11.7 Å². The van der Waals surface area contributed by atoms with Crippen molar-refractivity contribution in [2.45, 2.75) is 19.4 Å². The zero-order valence-corrected chi connectivity index (χ0v) is 13.2. The van der Waals surface area contributed by atoms with E-state index < -0.39 is 11.8 Å². The van der Waals surface area contributed by atoms with E-state index in [2.05, 4.69) is 15.0 Å². The first-order valence-electron chi connectivity index (χ1n) is 7.68. The molecule has 2 heterocycles. The number of halogens is 1. The highest BCUT2D eigenvalue weighted by Crippen LogP contribution is 2.24. The zero-order chi connectivity index (χ0) is 17.1. The van der Waals surface area contributed by atoms with E-state index in [1.54, 1.807) is 6.07 Å². The quantitative estimate of drug-likeness (QED) is 0.896. The van der Waals surface area contributed by atoms with E-state index in [-0.39, 0.29) is 11.7 Å². The number of nitrogens with zero attached hydrogens (tertiary/aromatic N) is 3. The molecule has 7 nitrogen and oxygen atoms in total. The lowest BCUT2D eigenvalue weighted by Gasteiger charge is -2.28. The smallest absolute Gasteiger partial charge is 0.306 e. The lowest BCUT2D eigenvalue weighted by atomic mass is 9.97. The van der Waals surface area contributed by atoms with Crippen molar-refractivity contribution >= 4 is 5.97 Å². The van der Waals surface area contributed by atoms with Gasteiger partial charge in [-0.15, -0.1) is 0 Å². The third-order valence-corrected chi connectivity index (χ3v) is 4.17. The highest BCUT2D eigenvalue weighted by molar-refractivity contribution is 5.70. The standard InChI is InChI=1S/C16H18FN3O4/c1-23-13-3-2-11(8-12(13)17)15-18-14(24-19-15)9-20-6-4-10(5-7-20)16(21)22/h2-3,8,10H,4-7,9H2,1H3,(H,21,22). The van der Waals surface area contributed by atoms with E-state index in [0.29, 0.717) is 49.8 Å². The van der Waals surface area contributed by atoms with Crippen molar-refractivity contribution in [2.75, 3.05) is 20.2 Å². The molecule has 0 radical (unpaired) electrons. The Labute approximate surface area is 138 Å². The highest BCUT2D eigenvalue weighted by Gasteiger charge is 2.25. The molecule has 0 amide bonds. The molecule has 1 fully saturated rings. The summed E-state index contributed by atoms with van der Waals surface area (Å²) in [5, 5.41) is 12.9. The number of benzene rings is 1. The number of ether oxygens (including phenoxy) is 1. The summed E-state index contributed by atoms with van der Waals surface area (Å²) in [6.45, 7) is 1.80. The van der Waals surface area contributed by atoms with Gasteiger partial charge < -0.3 is 14.4 Å². The van der Waals surface area contributed by atoms with E-state index in [9.17, 15) is 9.18 Å². The second-order valence-electron chi connectivity index (χ2n) is 5.75. The topological polar surface area (TPSA) is 88.7 Å². The number of methoxy groups -OCH3 is 1. The molecular formula is C16H18FN3O4. The van der Waals surface area contributed by atoms with Crippen LogP contribution in [0.4, 0.5) is 4.39 Å². The summed E-state index contributed by atoms with van der Waals surface area (Å²) in [6, 6.07) is 4.47. The number of aliphatic carboxylic acids is 1. The van der Waals surface area contributed by atoms with E-state index in [1.807, 2.05) is 0 Å². The van der Waals surface area contributed by atoms with Crippen molar-refractivity contribution in [3.05, 3.63) is 29.9 Å². The van der Waals surface area contributed by atoms with E-state index in [0.717, 1.165) is 0 Å². The molecule has 0 saturated carbocycles. The number of carboxylic acids is 1. The number of likely N-dealkylation sites (tertiary alicyclic amines) is 1. The van der Waals surface area contributed by atoms with Gasteiger partial charge >= 0.3 is 5.97 Å². The number of aromatic nitrogens is 2. The van der Waals surface area contributed by atoms with Crippen LogP contribution >= 0.6 is 0 Å². The summed E-state index contributed by atoms with van der Waals surface area (Å²) in [4.78, 5) is 17.3. The molecule has 1 aliphatic rings. The highest BCUT2D eigenvalue weighted by atomic mass is 19.1. The molecule has 1 aromatic carbocycles. The Morgan fingerprint density at radius 1 is 1.46 bits per heavy atom. The Kier molecular flexibility index (Phi) is 4.75. The molecule has 24 heavy (non-hydrogen) atoms. The molecule has 3 rings (SSSR count). The Hall–Kier alpha value is -2.48. The zero-order valence-electron chi connectivity index (χ0n) is 13.2. The Bertz CT molecular complexity index is 726. The van der Waals surface area contributed by atoms with Gasteiger partial charge in [0.25, 0.3) is 0 Å². The van der Waals surface area contributed by atoms with Gasteiger partial charge in [-0.1, -0.05) is 5.16 Å². The number of carbonyl (C=O) groups is 1. The summed E-state index contributed by atoms with van der Waals surface area (Å²) < 4.78 is 23.8. The van der Waals surface area contributed by atoms with Crippen LogP contribution in [-0.2, 0) is 11.3 Å². The van der Waals surface area contributed by atoms with Crippen LogP contribution in [0.3, 0.4) is 0 Å². The molecule has 128 valence electrons. The van der Waals surface area contributed by atoms with Crippen molar-refractivity contribution in [2.24, 2.45) is 5.92 Å². The van der Waals surface area contributed by atoms with Crippen LogP contribution in [0.5, 0.6) is 5.75 Å². The van der Waals surface area contributed by atoms with Crippen molar-refractivity contribution < 1.29 is 23.6 Å². The largest absolute Gasteiger partial charge is 0.494 e. The second kappa shape index (κ2) is 6.96. The molecule has 1 saturated heterocycles. The molecule has 1 aromatic heterocycles. The predicted octanol–water partition coefficient (Wildman–Crippen LogP) is 2.18. The van der Waals surface area contributed by atoms with Crippen LogP contribution in [-0.4, -0.2) is 46.3 Å². The summed E-state index contributed by atoms with van der Waals surface area (Å²) in [5.41, 5.74) is 0.507. The fourth-order valence-electron chi connectivity index (χ4n) is 2.77. The van der Waals surface area contributed by atoms with Crippen LogP contribution in [0.25, 0.3) is 11.4 Å². The lowest BCUT2D eigenvalue weighted by Crippen LogP contribution is -2.35. The van der Waals surface area contributed by atoms with Crippen LogP contribution in [0.1, 0.15) is 18.7 Å². The van der Waals surface area contributed by atoms with Crippen molar-refractivity contribution in [3.8, 4) is 17.1 Å². The molecule has 2 aromatic rings. The average Bonchev–Trinajstić information content (AvgIpc) is 3.04. The van der Waals surface area contributed by atoms with Crippen molar-refractivity contribution in [3.63, 3.8) is 0 Å². The monoisotopic (exact) mass is 335 g/mol. The molecule has 0 atom stereocenters. The van der Waals surface area contributed by atoms with Crippen LogP contribution in [0, 0.1) is 11.7 Å². The molecule has 8 heteroatoms. The molecule has 0 bridgehead atoms. The number of hydrogen-bond acceptors (Lipinski definition) is 6. The summed E-state index contributed by atoms with van der Waals surface area (Å²) in [7, 11) is 1.40. The second-order valence-corrected chi connectivity index (χ2v) is 5.75. The average molecular weight is 335 g/mol. The van der Waals surface area contributed by atoms with Gasteiger partial charge in [0, 0.05) is 5.56 Å². The number of piperidine rings is 1. The first kappa shape index (κ1) is 16.4. The SMILES string of the molecule is COc1ccc(-c2noc(CN3CCC(C(=O)O)CC3)n2)cc1F. The van der Waals surface area contributed by atoms with Crippen LogP contribution in [0.15, 0.2) is 22.7 Å². The maximum Gasteiger partial charge on any atom is 0.306 e. The molecule has 0 aliphatic carbocycles. The lowest BCUT2D eigenvalue weighted by molar-refractivity contribution is -0.143. The third-order valence-electron chi connectivity index (χ3n) is 4.17. The van der Waals surface area contributed by atoms with Gasteiger partial charge in [-0.05, 0) is 44.1 Å². The summed E-state index contributed by atoms with van der Waals surface area (Å²) in [6.07, 6.45) is 1.22. The number of hydrogen-bond donors (Lipinski definition) is 1. The fourth-order valence-corrected chi connectivity index (χ4v) is 2.77. The van der Waals surface area contributed by atoms with Gasteiger partial charge in [-0.3, -0.25) is 9.69 Å². The first-order valence-corrected chi connectivity index (χ1v) is 7.68. The summed E-state index contributed by atoms with van der Waals surface area (Å²) >= 11 is 0. The third kappa shape index (κ3) is 3.53. The predicted molar refractivity (Wildman–Crippen MR) is 81.9 cm³/mol. The number of rotatable bonds is 5. The summed E-state index contributed by atoms with van der Waals surface area (Å²) in [5.74, 6) is -0.610. The first-order chi connectivity index (χ1) is 11.6. The molecule has 0 unspecified atom stereocenters. The van der Waals surface area contributed by atoms with Gasteiger partial charge in [0.1, 0.15) is 0 Å². The van der Waals surface area contributed by atoms with Gasteiger partial charge in [0.05, 0.1) is 19.6 Å². The fraction of sp³-hybridized carbons (Fsp3) is 0.438.